The summed E-state index contributed by atoms with van der Waals surface area (Å²) in [6.45, 7) is 7.17. The molecule has 0 amide bonds. The van der Waals surface area contributed by atoms with E-state index in [1.54, 1.807) is 19.9 Å². The smallest absolute Gasteiger partial charge is 0.480 e. The number of rotatable bonds is 14. The van der Waals surface area contributed by atoms with Gasteiger partial charge in [-0.1, -0.05) is 19.9 Å². The quantitative estimate of drug-likeness (QED) is 0.310. The van der Waals surface area contributed by atoms with Gasteiger partial charge in [0.05, 0.1) is 6.61 Å². The number of carbonyl (C=O) groups is 4. The van der Waals surface area contributed by atoms with Gasteiger partial charge in [-0.15, -0.1) is 0 Å². The molecule has 0 heterocycles. The van der Waals surface area contributed by atoms with E-state index in [2.05, 4.69) is 5.32 Å². The zero-order valence-electron chi connectivity index (χ0n) is 19.5. The lowest BCUT2D eigenvalue weighted by Crippen LogP contribution is -2.42. The van der Waals surface area contributed by atoms with Gasteiger partial charge in [-0.2, -0.15) is 0 Å². The van der Waals surface area contributed by atoms with Gasteiger partial charge in [-0.3, -0.25) is 14.4 Å². The number of nitrogens with one attached hydrogen (secondary N) is 1. The fraction of sp³-hybridized carbons (Fsp3) is 0.565. The van der Waals surface area contributed by atoms with E-state index in [9.17, 15) is 24.3 Å². The summed E-state index contributed by atoms with van der Waals surface area (Å²) in [5, 5.41) is 12.4. The molecule has 1 rings (SSSR count). The second kappa shape index (κ2) is 14.8. The first kappa shape index (κ1) is 27.9. The Morgan fingerprint density at radius 2 is 1.58 bits per heavy atom. The van der Waals surface area contributed by atoms with Gasteiger partial charge in [0.1, 0.15) is 12.1 Å². The minimum Gasteiger partial charge on any atom is -0.480 e. The maximum atomic E-state index is 12.0. The third kappa shape index (κ3) is 10.8. The number of hydrogen-bond donors (Lipinski definition) is 2. The number of carboxylic acid groups (broad SMARTS) is 1. The van der Waals surface area contributed by atoms with E-state index in [1.165, 1.54) is 12.1 Å². The van der Waals surface area contributed by atoms with E-state index in [-0.39, 0.29) is 43.9 Å². The molecule has 1 unspecified atom stereocenters. The molecule has 0 aromatic heterocycles. The molecule has 1 aromatic rings. The Balaban J connectivity index is 2.94. The molecule has 0 saturated carbocycles. The van der Waals surface area contributed by atoms with Crippen molar-refractivity contribution in [3.63, 3.8) is 0 Å². The summed E-state index contributed by atoms with van der Waals surface area (Å²) < 4.78 is 20.4. The Kier molecular flexibility index (Phi) is 12.5. The van der Waals surface area contributed by atoms with Gasteiger partial charge in [0, 0.05) is 19.4 Å². The molecule has 0 aliphatic heterocycles. The number of carboxylic acids is 1. The lowest BCUT2D eigenvalue weighted by Gasteiger charge is -2.19. The Hall–Kier alpha value is -3.14. The molecular weight excluding hydrogens is 434 g/mol. The van der Waals surface area contributed by atoms with Crippen LogP contribution in [0.3, 0.4) is 0 Å². The number of esters is 2. The topological polar surface area (TPSA) is 137 Å². The molecular formula is C23H33NO9. The highest BCUT2D eigenvalue weighted by Gasteiger charge is 2.22. The predicted molar refractivity (Wildman–Crippen MR) is 118 cm³/mol. The van der Waals surface area contributed by atoms with Crippen molar-refractivity contribution in [2.24, 2.45) is 0 Å². The maximum Gasteiger partial charge on any atom is 0.508 e. The zero-order chi connectivity index (χ0) is 24.8. The molecule has 0 fully saturated rings. The fourth-order valence-corrected chi connectivity index (χ4v) is 2.75. The van der Waals surface area contributed by atoms with Crippen LogP contribution < -0.4 is 14.8 Å². The summed E-state index contributed by atoms with van der Waals surface area (Å²) in [5.74, 6) is -1.91. The van der Waals surface area contributed by atoms with Crippen molar-refractivity contribution in [2.75, 3.05) is 13.2 Å². The predicted octanol–water partition coefficient (Wildman–Crippen LogP) is 3.24. The number of aliphatic carboxylic acids is 1. The summed E-state index contributed by atoms with van der Waals surface area (Å²) in [6.07, 6.45) is 0.184. The Bertz CT molecular complexity index is 809. The number of ether oxygens (including phenoxy) is 4. The van der Waals surface area contributed by atoms with Gasteiger partial charge in [-0.25, -0.2) is 4.79 Å². The van der Waals surface area contributed by atoms with Crippen LogP contribution >= 0.6 is 0 Å². The van der Waals surface area contributed by atoms with Crippen molar-refractivity contribution in [1.29, 1.82) is 0 Å². The van der Waals surface area contributed by atoms with Crippen LogP contribution in [0.4, 0.5) is 4.79 Å². The van der Waals surface area contributed by atoms with Crippen molar-refractivity contribution in [2.45, 2.75) is 71.9 Å². The highest BCUT2D eigenvalue weighted by Crippen LogP contribution is 2.30. The van der Waals surface area contributed by atoms with Crippen LogP contribution in [0.5, 0.6) is 11.5 Å². The molecule has 0 radical (unpaired) electrons. The van der Waals surface area contributed by atoms with Crippen LogP contribution in [0.1, 0.15) is 58.9 Å². The van der Waals surface area contributed by atoms with Gasteiger partial charge in [0.15, 0.2) is 11.5 Å². The van der Waals surface area contributed by atoms with Crippen molar-refractivity contribution in [3.05, 3.63) is 23.8 Å². The second-order valence-corrected chi connectivity index (χ2v) is 7.34. The summed E-state index contributed by atoms with van der Waals surface area (Å²) in [7, 11) is 0. The highest BCUT2D eigenvalue weighted by molar-refractivity contribution is 5.77. The van der Waals surface area contributed by atoms with Crippen LogP contribution in [0.15, 0.2) is 18.2 Å². The van der Waals surface area contributed by atoms with Crippen molar-refractivity contribution < 1.29 is 43.2 Å². The molecule has 2 atom stereocenters. The maximum absolute atomic E-state index is 12.0. The van der Waals surface area contributed by atoms with E-state index in [1.807, 2.05) is 13.8 Å². The lowest BCUT2D eigenvalue weighted by molar-refractivity contribution is -0.139. The Labute approximate surface area is 193 Å². The summed E-state index contributed by atoms with van der Waals surface area (Å²) >= 11 is 0. The summed E-state index contributed by atoms with van der Waals surface area (Å²) in [5.41, 5.74) is 0.545. The largest absolute Gasteiger partial charge is 0.508 e. The minimum absolute atomic E-state index is 0.0446. The van der Waals surface area contributed by atoms with E-state index in [4.69, 9.17) is 18.9 Å². The SMILES string of the molecule is CCCC(=O)Oc1ccc(C[C@H](NCC(C)OC(=O)OCC)C(=O)O)cc1OC(=O)CCC. The van der Waals surface area contributed by atoms with Gasteiger partial charge < -0.3 is 29.4 Å². The van der Waals surface area contributed by atoms with E-state index >= 15 is 0 Å². The number of carbonyl (C=O) groups excluding carboxylic acids is 3. The van der Waals surface area contributed by atoms with Gasteiger partial charge >= 0.3 is 24.1 Å². The third-order valence-electron chi connectivity index (χ3n) is 4.31. The monoisotopic (exact) mass is 467 g/mol. The standard InChI is InChI=1S/C23H33NO9/c1-5-8-20(25)32-18-11-10-16(13-19(18)33-21(26)9-6-2)12-17(22(27)28)24-14-15(4)31-23(29)30-7-3/h10-11,13,15,17,24H,5-9,12,14H2,1-4H3,(H,27,28)/t15?,17-/m0/s1. The molecule has 1 aromatic carbocycles. The van der Waals surface area contributed by atoms with Gasteiger partial charge in [0.2, 0.25) is 0 Å². The molecule has 2 N–H and O–H groups in total. The minimum atomic E-state index is -1.11. The lowest BCUT2D eigenvalue weighted by atomic mass is 10.0. The number of hydrogen-bond acceptors (Lipinski definition) is 9. The average Bonchev–Trinajstić information content (AvgIpc) is 2.73. The first-order valence-corrected chi connectivity index (χ1v) is 11.0. The summed E-state index contributed by atoms with van der Waals surface area (Å²) in [6, 6.07) is 3.55. The van der Waals surface area contributed by atoms with E-state index in [0.717, 1.165) is 0 Å². The molecule has 184 valence electrons. The highest BCUT2D eigenvalue weighted by atomic mass is 16.7. The van der Waals surface area contributed by atoms with E-state index in [0.29, 0.717) is 18.4 Å². The van der Waals surface area contributed by atoms with Crippen LogP contribution in [0, 0.1) is 0 Å². The van der Waals surface area contributed by atoms with Crippen LogP contribution in [0.25, 0.3) is 0 Å². The summed E-state index contributed by atoms with van der Waals surface area (Å²) in [4.78, 5) is 47.0. The van der Waals surface area contributed by atoms with E-state index < -0.39 is 36.2 Å². The average molecular weight is 468 g/mol. The zero-order valence-corrected chi connectivity index (χ0v) is 19.5. The van der Waals surface area contributed by atoms with Crippen LogP contribution in [-0.2, 0) is 30.3 Å². The molecule has 33 heavy (non-hydrogen) atoms. The molecule has 0 saturated heterocycles. The van der Waals surface area contributed by atoms with Crippen LogP contribution in [-0.4, -0.2) is 54.5 Å². The Morgan fingerprint density at radius 3 is 2.12 bits per heavy atom. The number of benzene rings is 1. The molecule has 0 bridgehead atoms. The molecule has 0 aliphatic carbocycles. The van der Waals surface area contributed by atoms with Gasteiger partial charge in [0.25, 0.3) is 0 Å². The van der Waals surface area contributed by atoms with Gasteiger partial charge in [-0.05, 0) is 50.8 Å². The van der Waals surface area contributed by atoms with Crippen molar-refractivity contribution >= 4 is 24.1 Å². The normalized spacial score (nSPS) is 12.4. The molecule has 0 spiro atoms. The van der Waals surface area contributed by atoms with Crippen molar-refractivity contribution in [3.8, 4) is 11.5 Å². The first-order chi connectivity index (χ1) is 15.7. The third-order valence-corrected chi connectivity index (χ3v) is 4.31. The fourth-order valence-electron chi connectivity index (χ4n) is 2.75. The molecule has 10 nitrogen and oxygen atoms in total. The molecule has 0 aliphatic rings. The van der Waals surface area contributed by atoms with Crippen molar-refractivity contribution in [1.82, 2.24) is 5.32 Å². The first-order valence-electron chi connectivity index (χ1n) is 11.0. The van der Waals surface area contributed by atoms with Crippen LogP contribution in [0.2, 0.25) is 0 Å². The molecule has 10 heteroatoms. The second-order valence-electron chi connectivity index (χ2n) is 7.34. The Morgan fingerprint density at radius 1 is 0.970 bits per heavy atom.